The van der Waals surface area contributed by atoms with Gasteiger partial charge in [-0.3, -0.25) is 9.59 Å². The summed E-state index contributed by atoms with van der Waals surface area (Å²) in [5.74, 6) is 0.269. The molecule has 5 nitrogen and oxygen atoms in total. The smallest absolute Gasteiger partial charge is 0.306 e. The number of carbonyl (C=O) groups excluding carboxylic acids is 2. The number of amides is 1. The topological polar surface area (TPSA) is 75.6 Å². The van der Waals surface area contributed by atoms with Crippen LogP contribution in [-0.2, 0) is 20.7 Å². The Hall–Kier alpha value is -2.40. The van der Waals surface area contributed by atoms with E-state index in [1.807, 2.05) is 44.2 Å². The highest BCUT2D eigenvalue weighted by molar-refractivity contribution is 5.75. The average molecular weight is 514 g/mol. The van der Waals surface area contributed by atoms with Crippen LogP contribution < -0.4 is 5.32 Å². The molecule has 5 heteroatoms. The summed E-state index contributed by atoms with van der Waals surface area (Å²) in [6.45, 7) is 6.83. The normalized spacial score (nSPS) is 17.9. The fraction of sp³-hybridized carbons (Fsp3) is 0.625. The maximum atomic E-state index is 12.2. The first-order valence-electron chi connectivity index (χ1n) is 14.5. The van der Waals surface area contributed by atoms with Crippen LogP contribution in [0.25, 0.3) is 0 Å². The van der Waals surface area contributed by atoms with Crippen molar-refractivity contribution >= 4 is 11.9 Å². The van der Waals surface area contributed by atoms with Crippen LogP contribution in [0.2, 0.25) is 0 Å². The lowest BCUT2D eigenvalue weighted by molar-refractivity contribution is -0.147. The minimum absolute atomic E-state index is 0.101. The van der Waals surface area contributed by atoms with E-state index in [-0.39, 0.29) is 30.0 Å². The van der Waals surface area contributed by atoms with Gasteiger partial charge in [-0.05, 0) is 70.4 Å². The van der Waals surface area contributed by atoms with Crippen LogP contribution in [0.4, 0.5) is 0 Å². The Kier molecular flexibility index (Phi) is 19.1. The van der Waals surface area contributed by atoms with Crippen LogP contribution in [-0.4, -0.2) is 35.7 Å². The van der Waals surface area contributed by atoms with Crippen molar-refractivity contribution in [2.75, 3.05) is 6.54 Å². The predicted molar refractivity (Wildman–Crippen MR) is 153 cm³/mol. The Morgan fingerprint density at radius 2 is 1.86 bits per heavy atom. The number of rotatable bonds is 16. The van der Waals surface area contributed by atoms with E-state index in [4.69, 9.17) is 4.74 Å². The molecule has 0 aliphatic heterocycles. The van der Waals surface area contributed by atoms with E-state index < -0.39 is 0 Å². The molecule has 0 bridgehead atoms. The molecule has 0 saturated heterocycles. The Morgan fingerprint density at radius 3 is 2.51 bits per heavy atom. The van der Waals surface area contributed by atoms with Gasteiger partial charge in [-0.1, -0.05) is 81.2 Å². The molecule has 2 rings (SSSR count). The molecule has 208 valence electrons. The number of hydrogen-bond donors (Lipinski definition) is 2. The number of benzene rings is 1. The number of aliphatic hydroxyl groups is 1. The van der Waals surface area contributed by atoms with E-state index in [2.05, 4.69) is 36.5 Å². The molecule has 2 N–H and O–H groups in total. The molecule has 1 aromatic carbocycles. The molecule has 1 fully saturated rings. The van der Waals surface area contributed by atoms with E-state index in [1.54, 1.807) is 0 Å². The fourth-order valence-electron chi connectivity index (χ4n) is 4.36. The quantitative estimate of drug-likeness (QED) is 0.141. The summed E-state index contributed by atoms with van der Waals surface area (Å²) in [4.78, 5) is 23.1. The maximum absolute atomic E-state index is 12.2. The first-order chi connectivity index (χ1) is 18.0. The van der Waals surface area contributed by atoms with Gasteiger partial charge in [0.1, 0.15) is 6.10 Å². The summed E-state index contributed by atoms with van der Waals surface area (Å²) in [6, 6.07) is 10.3. The van der Waals surface area contributed by atoms with Gasteiger partial charge in [-0.15, -0.1) is 0 Å². The summed E-state index contributed by atoms with van der Waals surface area (Å²) in [7, 11) is 0. The molecule has 1 aromatic rings. The van der Waals surface area contributed by atoms with Crippen molar-refractivity contribution in [3.8, 4) is 0 Å². The Morgan fingerprint density at radius 1 is 1.08 bits per heavy atom. The van der Waals surface area contributed by atoms with Crippen LogP contribution in [0.15, 0.2) is 54.6 Å². The number of nitrogens with one attached hydrogen (secondary N) is 1. The van der Waals surface area contributed by atoms with Gasteiger partial charge >= 0.3 is 5.97 Å². The monoisotopic (exact) mass is 513 g/mol. The van der Waals surface area contributed by atoms with E-state index in [0.717, 1.165) is 64.3 Å². The van der Waals surface area contributed by atoms with Crippen LogP contribution in [0.1, 0.15) is 103 Å². The molecule has 1 aliphatic carbocycles. The van der Waals surface area contributed by atoms with E-state index >= 15 is 0 Å². The molecule has 0 spiro atoms. The molecular weight excluding hydrogens is 462 g/mol. The lowest BCUT2D eigenvalue weighted by atomic mass is 10.0. The number of aryl methyl sites for hydroxylation is 1. The van der Waals surface area contributed by atoms with Crippen LogP contribution in [0, 0.1) is 5.92 Å². The second kappa shape index (κ2) is 21.7. The molecule has 2 unspecified atom stereocenters. The summed E-state index contributed by atoms with van der Waals surface area (Å²) in [5, 5.41) is 12.8. The van der Waals surface area contributed by atoms with Gasteiger partial charge in [0.2, 0.25) is 5.91 Å². The van der Waals surface area contributed by atoms with Crippen LogP contribution in [0.3, 0.4) is 0 Å². The van der Waals surface area contributed by atoms with Gasteiger partial charge in [0.15, 0.2) is 0 Å². The number of aliphatic hydroxyl groups excluding tert-OH is 1. The highest BCUT2D eigenvalue weighted by atomic mass is 16.5. The second-order valence-corrected chi connectivity index (χ2v) is 9.83. The molecule has 1 saturated carbocycles. The molecule has 1 amide bonds. The highest BCUT2D eigenvalue weighted by Crippen LogP contribution is 2.27. The summed E-state index contributed by atoms with van der Waals surface area (Å²) in [5.41, 5.74) is 1.26. The number of allylic oxidation sites excluding steroid dienone is 2. The largest absolute Gasteiger partial charge is 0.458 e. The Bertz CT molecular complexity index is 774. The number of esters is 1. The van der Waals surface area contributed by atoms with Gasteiger partial charge in [0, 0.05) is 25.3 Å². The molecular formula is C32H51NO4. The number of carbonyl (C=O) groups is 2. The van der Waals surface area contributed by atoms with Gasteiger partial charge < -0.3 is 15.2 Å². The van der Waals surface area contributed by atoms with E-state index in [1.165, 1.54) is 18.4 Å². The molecule has 37 heavy (non-hydrogen) atoms. The van der Waals surface area contributed by atoms with Crippen molar-refractivity contribution in [2.24, 2.45) is 5.92 Å². The van der Waals surface area contributed by atoms with Crippen LogP contribution >= 0.6 is 0 Å². The number of unbranched alkanes of at least 4 members (excludes halogenated alkanes) is 4. The minimum Gasteiger partial charge on any atom is -0.458 e. The number of hydrogen-bond acceptors (Lipinski definition) is 4. The molecule has 0 heterocycles. The third-order valence-corrected chi connectivity index (χ3v) is 6.57. The first kappa shape index (κ1) is 32.6. The maximum Gasteiger partial charge on any atom is 0.306 e. The van der Waals surface area contributed by atoms with Gasteiger partial charge in [-0.2, -0.15) is 0 Å². The Labute approximate surface area is 225 Å². The van der Waals surface area contributed by atoms with Gasteiger partial charge in [0.25, 0.3) is 0 Å². The lowest BCUT2D eigenvalue weighted by Gasteiger charge is -2.16. The summed E-state index contributed by atoms with van der Waals surface area (Å²) < 4.78 is 5.74. The van der Waals surface area contributed by atoms with Crippen molar-refractivity contribution in [1.29, 1.82) is 0 Å². The lowest BCUT2D eigenvalue weighted by Crippen LogP contribution is -2.21. The molecule has 3 atom stereocenters. The summed E-state index contributed by atoms with van der Waals surface area (Å²) >= 11 is 0. The Balaban J connectivity index is 0.000000525. The predicted octanol–water partition coefficient (Wildman–Crippen LogP) is 7.09. The third kappa shape index (κ3) is 16.9. The second-order valence-electron chi connectivity index (χ2n) is 9.83. The number of ether oxygens (including phenoxy) is 1. The SMILES string of the molecule is C/C=C\CCCC(=O)NCC.CCCCCCC(=O)OC(/C=C/C1CCC[C@H]1O)CCc1ccccc1. The van der Waals surface area contributed by atoms with E-state index in [9.17, 15) is 14.7 Å². The van der Waals surface area contributed by atoms with Crippen molar-refractivity contribution in [1.82, 2.24) is 5.32 Å². The zero-order valence-corrected chi connectivity index (χ0v) is 23.5. The zero-order valence-electron chi connectivity index (χ0n) is 23.5. The van der Waals surface area contributed by atoms with E-state index in [0.29, 0.717) is 12.8 Å². The third-order valence-electron chi connectivity index (χ3n) is 6.57. The van der Waals surface area contributed by atoms with Crippen molar-refractivity contribution < 1.29 is 19.4 Å². The van der Waals surface area contributed by atoms with Gasteiger partial charge in [-0.25, -0.2) is 0 Å². The summed E-state index contributed by atoms with van der Waals surface area (Å²) in [6.07, 6.45) is 19.8. The van der Waals surface area contributed by atoms with Crippen LogP contribution in [0.5, 0.6) is 0 Å². The molecule has 0 radical (unpaired) electrons. The highest BCUT2D eigenvalue weighted by Gasteiger charge is 2.23. The fourth-order valence-corrected chi connectivity index (χ4v) is 4.36. The molecule has 0 aromatic heterocycles. The molecule has 1 aliphatic rings. The zero-order chi connectivity index (χ0) is 27.1. The standard InChI is InChI=1S/C23H34O3.C9H17NO/c1-2-3-4-8-14-23(25)26-21(17-15-19-10-6-5-7-11-19)18-16-20-12-9-13-22(20)24;1-3-5-6-7-8-9(11)10-4-2/h5-7,10-11,16,18,20-22,24H,2-4,8-9,12-15,17H2,1H3;3,5H,4,6-8H2,1-2H3,(H,10,11)/b18-16+;5-3-/t20?,21?,22-;/m1./s1. The van der Waals surface area contributed by atoms with Crippen molar-refractivity contribution in [2.45, 2.75) is 116 Å². The van der Waals surface area contributed by atoms with Crippen molar-refractivity contribution in [3.05, 3.63) is 60.2 Å². The van der Waals surface area contributed by atoms with Gasteiger partial charge in [0.05, 0.1) is 6.10 Å². The minimum atomic E-state index is -0.245. The first-order valence-corrected chi connectivity index (χ1v) is 14.5. The van der Waals surface area contributed by atoms with Crippen molar-refractivity contribution in [3.63, 3.8) is 0 Å². The average Bonchev–Trinajstić information content (AvgIpc) is 3.32.